The maximum atomic E-state index is 13.0. The van der Waals surface area contributed by atoms with Crippen LogP contribution in [0.5, 0.6) is 0 Å². The topological polar surface area (TPSA) is 93.6 Å². The summed E-state index contributed by atoms with van der Waals surface area (Å²) in [7, 11) is -2.30. The van der Waals surface area contributed by atoms with Crippen molar-refractivity contribution in [2.45, 2.75) is 4.21 Å². The van der Waals surface area contributed by atoms with Gasteiger partial charge in [-0.3, -0.25) is 4.40 Å². The molecule has 5 aromatic rings. The van der Waals surface area contributed by atoms with Gasteiger partial charge in [-0.05, 0) is 35.7 Å². The molecule has 0 aliphatic carbocycles. The molecule has 0 unspecified atom stereocenters. The first-order valence-corrected chi connectivity index (χ1v) is 10.6. The summed E-state index contributed by atoms with van der Waals surface area (Å²) in [5.41, 5.74) is 1.69. The van der Waals surface area contributed by atoms with E-state index in [-0.39, 0.29) is 10.0 Å². The summed E-state index contributed by atoms with van der Waals surface area (Å²) >= 11 is 1.15. The number of para-hydroxylation sites is 2. The molecule has 140 valence electrons. The zero-order valence-corrected chi connectivity index (χ0v) is 16.2. The molecule has 10 heteroatoms. The van der Waals surface area contributed by atoms with Crippen LogP contribution < -0.4 is 4.31 Å². The molecule has 0 radical (unpaired) electrons. The number of furan rings is 1. The van der Waals surface area contributed by atoms with Crippen LogP contribution in [-0.4, -0.2) is 35.0 Å². The fourth-order valence-corrected chi connectivity index (χ4v) is 5.31. The van der Waals surface area contributed by atoms with E-state index in [1.165, 1.54) is 7.05 Å². The van der Waals surface area contributed by atoms with E-state index in [1.807, 2.05) is 24.3 Å². The summed E-state index contributed by atoms with van der Waals surface area (Å²) in [6, 6.07) is 14.2. The van der Waals surface area contributed by atoms with E-state index in [9.17, 15) is 8.42 Å². The van der Waals surface area contributed by atoms with Crippen LogP contribution in [0.25, 0.3) is 28.3 Å². The Hall–Kier alpha value is -3.24. The largest absolute Gasteiger partial charge is 0.461 e. The quantitative estimate of drug-likeness (QED) is 0.450. The summed E-state index contributed by atoms with van der Waals surface area (Å²) in [4.78, 5) is 4.57. The van der Waals surface area contributed by atoms with Gasteiger partial charge in [0.15, 0.2) is 11.6 Å². The van der Waals surface area contributed by atoms with Gasteiger partial charge in [0.25, 0.3) is 10.0 Å². The van der Waals surface area contributed by atoms with Crippen LogP contribution in [-0.2, 0) is 10.0 Å². The Morgan fingerprint density at radius 2 is 1.93 bits per heavy atom. The van der Waals surface area contributed by atoms with E-state index in [1.54, 1.807) is 40.3 Å². The second kappa shape index (κ2) is 6.14. The Labute approximate surface area is 163 Å². The van der Waals surface area contributed by atoms with E-state index in [0.717, 1.165) is 21.2 Å². The van der Waals surface area contributed by atoms with Gasteiger partial charge in [-0.15, -0.1) is 21.5 Å². The predicted octanol–water partition coefficient (Wildman–Crippen LogP) is 3.42. The molecule has 28 heavy (non-hydrogen) atoms. The van der Waals surface area contributed by atoms with Gasteiger partial charge in [-0.2, -0.15) is 0 Å². The molecular formula is C18H13N5O3S2. The fourth-order valence-electron chi connectivity index (χ4n) is 3.00. The van der Waals surface area contributed by atoms with Gasteiger partial charge in [0.1, 0.15) is 4.21 Å². The van der Waals surface area contributed by atoms with Crippen molar-refractivity contribution in [3.8, 4) is 11.6 Å². The first kappa shape index (κ1) is 16.9. The lowest BCUT2D eigenvalue weighted by Crippen LogP contribution is -2.27. The monoisotopic (exact) mass is 411 g/mol. The molecule has 0 fully saturated rings. The smallest absolute Gasteiger partial charge is 0.274 e. The van der Waals surface area contributed by atoms with Crippen molar-refractivity contribution in [2.24, 2.45) is 0 Å². The van der Waals surface area contributed by atoms with Crippen LogP contribution in [0.15, 0.2) is 68.8 Å². The van der Waals surface area contributed by atoms with Crippen molar-refractivity contribution < 1.29 is 12.8 Å². The number of fused-ring (bicyclic) bond motifs is 3. The average Bonchev–Trinajstić information content (AvgIpc) is 3.47. The van der Waals surface area contributed by atoms with Gasteiger partial charge in [-0.25, -0.2) is 17.7 Å². The highest BCUT2D eigenvalue weighted by molar-refractivity contribution is 7.94. The number of benzene rings is 1. The van der Waals surface area contributed by atoms with E-state index in [4.69, 9.17) is 4.42 Å². The molecule has 0 saturated heterocycles. The Morgan fingerprint density at radius 3 is 2.68 bits per heavy atom. The third-order valence-electron chi connectivity index (χ3n) is 4.36. The highest BCUT2D eigenvalue weighted by Crippen LogP contribution is 2.31. The lowest BCUT2D eigenvalue weighted by atomic mass is 10.3. The molecule has 0 amide bonds. The second-order valence-electron chi connectivity index (χ2n) is 5.99. The van der Waals surface area contributed by atoms with Gasteiger partial charge >= 0.3 is 0 Å². The molecule has 1 aromatic carbocycles. The third kappa shape index (κ3) is 2.42. The summed E-state index contributed by atoms with van der Waals surface area (Å²) < 4.78 is 34.7. The Morgan fingerprint density at radius 1 is 1.07 bits per heavy atom. The van der Waals surface area contributed by atoms with Crippen molar-refractivity contribution >= 4 is 43.9 Å². The number of sulfonamides is 1. The fraction of sp³-hybridized carbons (Fsp3) is 0.0556. The first-order valence-electron chi connectivity index (χ1n) is 8.27. The maximum absolute atomic E-state index is 13.0. The number of anilines is 1. The van der Waals surface area contributed by atoms with Crippen LogP contribution in [0, 0.1) is 0 Å². The minimum Gasteiger partial charge on any atom is -0.461 e. The molecule has 0 N–H and O–H groups in total. The van der Waals surface area contributed by atoms with Crippen molar-refractivity contribution in [1.82, 2.24) is 19.6 Å². The molecule has 4 aromatic heterocycles. The van der Waals surface area contributed by atoms with Crippen LogP contribution in [0.2, 0.25) is 0 Å². The van der Waals surface area contributed by atoms with E-state index in [0.29, 0.717) is 22.7 Å². The lowest BCUT2D eigenvalue weighted by Gasteiger charge is -2.18. The highest BCUT2D eigenvalue weighted by atomic mass is 32.2. The third-order valence-corrected chi connectivity index (χ3v) is 7.48. The van der Waals surface area contributed by atoms with Gasteiger partial charge in [0.05, 0.1) is 17.3 Å². The molecule has 0 saturated carbocycles. The standard InChI is InChI=1S/C18H13N5O3S2/c1-22(28(24,25)15-9-5-11-27-15)17-18-21-20-16(14-8-4-10-26-14)23(18)13-7-3-2-6-12(13)19-17/h2-11H,1H3. The molecule has 5 rings (SSSR count). The summed E-state index contributed by atoms with van der Waals surface area (Å²) in [6.45, 7) is 0. The highest BCUT2D eigenvalue weighted by Gasteiger charge is 2.28. The first-order chi connectivity index (χ1) is 13.6. The minimum atomic E-state index is -3.77. The SMILES string of the molecule is CN(c1nc2ccccc2n2c(-c3ccco3)nnc12)S(=O)(=O)c1cccs1. The summed E-state index contributed by atoms with van der Waals surface area (Å²) in [5, 5.41) is 10.2. The van der Waals surface area contributed by atoms with Crippen LogP contribution in [0.3, 0.4) is 0 Å². The van der Waals surface area contributed by atoms with Gasteiger partial charge in [-0.1, -0.05) is 18.2 Å². The van der Waals surface area contributed by atoms with Gasteiger partial charge < -0.3 is 4.42 Å². The number of rotatable bonds is 4. The van der Waals surface area contributed by atoms with Gasteiger partial charge in [0.2, 0.25) is 11.5 Å². The molecular weight excluding hydrogens is 398 g/mol. The Kier molecular flexibility index (Phi) is 3.71. The normalized spacial score (nSPS) is 12.0. The average molecular weight is 411 g/mol. The minimum absolute atomic E-state index is 0.192. The molecule has 0 aliphatic heterocycles. The Balaban J connectivity index is 1.83. The van der Waals surface area contributed by atoms with E-state index >= 15 is 0 Å². The zero-order chi connectivity index (χ0) is 19.3. The maximum Gasteiger partial charge on any atom is 0.274 e. The van der Waals surface area contributed by atoms with Crippen LogP contribution in [0.1, 0.15) is 0 Å². The van der Waals surface area contributed by atoms with Crippen LogP contribution in [0.4, 0.5) is 5.82 Å². The molecule has 4 heterocycles. The lowest BCUT2D eigenvalue weighted by molar-refractivity contribution is 0.576. The molecule has 0 spiro atoms. The Bertz CT molecular complexity index is 1390. The number of hydrogen-bond donors (Lipinski definition) is 0. The molecule has 0 atom stereocenters. The van der Waals surface area contributed by atoms with E-state index < -0.39 is 10.0 Å². The van der Waals surface area contributed by atoms with Gasteiger partial charge in [0, 0.05) is 7.05 Å². The predicted molar refractivity (Wildman–Crippen MR) is 106 cm³/mol. The van der Waals surface area contributed by atoms with Crippen molar-refractivity contribution in [1.29, 1.82) is 0 Å². The molecule has 8 nitrogen and oxygen atoms in total. The summed E-state index contributed by atoms with van der Waals surface area (Å²) in [6.07, 6.45) is 1.55. The number of nitrogens with zero attached hydrogens (tertiary/aromatic N) is 5. The number of aromatic nitrogens is 4. The number of thiophene rings is 1. The molecule has 0 bridgehead atoms. The molecule has 0 aliphatic rings. The van der Waals surface area contributed by atoms with E-state index in [2.05, 4.69) is 15.2 Å². The zero-order valence-electron chi connectivity index (χ0n) is 14.6. The van der Waals surface area contributed by atoms with Crippen LogP contribution >= 0.6 is 11.3 Å². The number of hydrogen-bond acceptors (Lipinski definition) is 7. The van der Waals surface area contributed by atoms with Crippen molar-refractivity contribution in [2.75, 3.05) is 11.4 Å². The summed E-state index contributed by atoms with van der Waals surface area (Å²) in [5.74, 6) is 1.19. The van der Waals surface area contributed by atoms with Crippen molar-refractivity contribution in [3.05, 3.63) is 60.2 Å². The second-order valence-corrected chi connectivity index (χ2v) is 9.13. The van der Waals surface area contributed by atoms with Crippen molar-refractivity contribution in [3.63, 3.8) is 0 Å².